The molecule has 3 nitrogen and oxygen atoms in total. The van der Waals surface area contributed by atoms with Gasteiger partial charge in [-0.25, -0.2) is 0 Å². The van der Waals surface area contributed by atoms with E-state index >= 15 is 0 Å². The first kappa shape index (κ1) is 15.2. The third-order valence-electron chi connectivity index (χ3n) is 2.74. The number of carbonyl (C=O) groups excluding carboxylic acids is 1. The highest BCUT2D eigenvalue weighted by Crippen LogP contribution is 2.31. The van der Waals surface area contributed by atoms with E-state index in [-0.39, 0.29) is 5.56 Å². The summed E-state index contributed by atoms with van der Waals surface area (Å²) in [5.74, 6) is -0.688. The van der Waals surface area contributed by atoms with Crippen molar-refractivity contribution in [1.29, 1.82) is 0 Å². The van der Waals surface area contributed by atoms with Crippen molar-refractivity contribution in [2.75, 3.05) is 5.32 Å². The average molecular weight is 315 g/mol. The number of halogens is 4. The molecule has 0 aliphatic heterocycles. The third-order valence-corrected chi connectivity index (χ3v) is 2.97. The minimum Gasteiger partial charge on any atom is -0.366 e. The lowest BCUT2D eigenvalue weighted by Gasteiger charge is -2.12. The van der Waals surface area contributed by atoms with Gasteiger partial charge in [-0.15, -0.1) is 0 Å². The lowest BCUT2D eigenvalue weighted by Crippen LogP contribution is -2.13. The molecule has 0 fully saturated rings. The van der Waals surface area contributed by atoms with Crippen molar-refractivity contribution in [3.05, 3.63) is 58.6 Å². The number of hydrogen-bond donors (Lipinski definition) is 2. The Labute approximate surface area is 123 Å². The summed E-state index contributed by atoms with van der Waals surface area (Å²) in [7, 11) is 0. The molecule has 0 heterocycles. The van der Waals surface area contributed by atoms with Crippen LogP contribution in [0.4, 0.5) is 24.5 Å². The van der Waals surface area contributed by atoms with E-state index in [0.717, 1.165) is 12.1 Å². The van der Waals surface area contributed by atoms with Crippen LogP contribution in [0.25, 0.3) is 0 Å². The summed E-state index contributed by atoms with van der Waals surface area (Å²) in [6.45, 7) is 0. The van der Waals surface area contributed by atoms with Crippen LogP contribution in [-0.2, 0) is 6.18 Å². The van der Waals surface area contributed by atoms with Crippen molar-refractivity contribution in [2.24, 2.45) is 5.73 Å². The van der Waals surface area contributed by atoms with Crippen LogP contribution in [0.1, 0.15) is 15.9 Å². The Balaban J connectivity index is 2.28. The van der Waals surface area contributed by atoms with Crippen LogP contribution >= 0.6 is 11.6 Å². The molecule has 0 aliphatic carbocycles. The van der Waals surface area contributed by atoms with Crippen molar-refractivity contribution in [1.82, 2.24) is 0 Å². The molecule has 0 saturated carbocycles. The maximum Gasteiger partial charge on any atom is 0.416 e. The Kier molecular flexibility index (Phi) is 4.09. The summed E-state index contributed by atoms with van der Waals surface area (Å²) in [6, 6.07) is 8.88. The summed E-state index contributed by atoms with van der Waals surface area (Å²) in [4.78, 5) is 11.3. The second-order valence-corrected chi connectivity index (χ2v) is 4.69. The molecule has 0 atom stereocenters. The predicted octanol–water partition coefficient (Wildman–Crippen LogP) is 4.20. The first-order valence-corrected chi connectivity index (χ1v) is 6.19. The molecule has 0 aromatic heterocycles. The van der Waals surface area contributed by atoms with Crippen LogP contribution in [0.5, 0.6) is 0 Å². The summed E-state index contributed by atoms with van der Waals surface area (Å²) >= 11 is 5.77. The number of anilines is 2. The highest BCUT2D eigenvalue weighted by atomic mass is 35.5. The minimum atomic E-state index is -4.39. The molecule has 0 saturated heterocycles. The van der Waals surface area contributed by atoms with Crippen LogP contribution in [0.15, 0.2) is 42.5 Å². The minimum absolute atomic E-state index is 0.155. The number of rotatable bonds is 3. The van der Waals surface area contributed by atoms with Crippen LogP contribution in [0, 0.1) is 0 Å². The number of primary amides is 1. The predicted molar refractivity (Wildman–Crippen MR) is 74.7 cm³/mol. The van der Waals surface area contributed by atoms with E-state index in [0.29, 0.717) is 16.4 Å². The molecule has 0 bridgehead atoms. The zero-order valence-corrected chi connectivity index (χ0v) is 11.3. The summed E-state index contributed by atoms with van der Waals surface area (Å²) in [5, 5.41) is 3.17. The number of alkyl halides is 3. The second-order valence-electron chi connectivity index (χ2n) is 4.25. The molecular formula is C14H10ClF3N2O. The molecule has 1 amide bonds. The summed E-state index contributed by atoms with van der Waals surface area (Å²) in [6.07, 6.45) is -4.39. The topological polar surface area (TPSA) is 55.1 Å². The molecule has 2 rings (SSSR count). The number of benzene rings is 2. The Bertz CT molecular complexity index is 669. The standard InChI is InChI=1S/C14H10ClF3N2O/c15-9-3-6-12(11(7-9)13(19)21)20-10-4-1-8(2-5-10)14(16,17)18/h1-7,20H,(H2,19,21). The van der Waals surface area contributed by atoms with E-state index in [1.807, 2.05) is 0 Å². The van der Waals surface area contributed by atoms with Crippen molar-refractivity contribution < 1.29 is 18.0 Å². The number of nitrogens with two attached hydrogens (primary N) is 1. The fourth-order valence-electron chi connectivity index (χ4n) is 1.73. The molecular weight excluding hydrogens is 305 g/mol. The number of nitrogens with one attached hydrogen (secondary N) is 1. The maximum atomic E-state index is 12.5. The summed E-state index contributed by atoms with van der Waals surface area (Å²) < 4.78 is 37.4. The fourth-order valence-corrected chi connectivity index (χ4v) is 1.90. The van der Waals surface area contributed by atoms with Crippen LogP contribution in [0.3, 0.4) is 0 Å². The van der Waals surface area contributed by atoms with Gasteiger partial charge in [0.25, 0.3) is 5.91 Å². The number of amides is 1. The Morgan fingerprint density at radius 1 is 1.10 bits per heavy atom. The highest BCUT2D eigenvalue weighted by Gasteiger charge is 2.29. The molecule has 3 N–H and O–H groups in total. The van der Waals surface area contributed by atoms with Gasteiger partial charge in [-0.2, -0.15) is 13.2 Å². The van der Waals surface area contributed by atoms with Gasteiger partial charge in [0.05, 0.1) is 16.8 Å². The molecule has 2 aromatic rings. The van der Waals surface area contributed by atoms with E-state index in [1.165, 1.54) is 24.3 Å². The normalized spacial score (nSPS) is 11.2. The van der Waals surface area contributed by atoms with E-state index in [2.05, 4.69) is 5.32 Å². The first-order valence-electron chi connectivity index (χ1n) is 5.81. The van der Waals surface area contributed by atoms with Crippen molar-refractivity contribution in [2.45, 2.75) is 6.18 Å². The molecule has 2 aromatic carbocycles. The van der Waals surface area contributed by atoms with Gasteiger partial charge in [0.1, 0.15) is 0 Å². The van der Waals surface area contributed by atoms with E-state index < -0.39 is 17.6 Å². The second kappa shape index (κ2) is 5.65. The van der Waals surface area contributed by atoms with Gasteiger partial charge < -0.3 is 11.1 Å². The van der Waals surface area contributed by atoms with Crippen LogP contribution < -0.4 is 11.1 Å². The smallest absolute Gasteiger partial charge is 0.366 e. The zero-order chi connectivity index (χ0) is 15.6. The molecule has 0 unspecified atom stereocenters. The van der Waals surface area contributed by atoms with E-state index in [9.17, 15) is 18.0 Å². The Morgan fingerprint density at radius 2 is 1.71 bits per heavy atom. The summed E-state index contributed by atoms with van der Waals surface area (Å²) in [5.41, 5.74) is 5.40. The lowest BCUT2D eigenvalue weighted by atomic mass is 10.1. The van der Waals surface area contributed by atoms with Crippen LogP contribution in [-0.4, -0.2) is 5.91 Å². The SMILES string of the molecule is NC(=O)c1cc(Cl)ccc1Nc1ccc(C(F)(F)F)cc1. The average Bonchev–Trinajstić information content (AvgIpc) is 2.40. The Hall–Kier alpha value is -2.21. The van der Waals surface area contributed by atoms with Crippen molar-refractivity contribution in [3.8, 4) is 0 Å². The molecule has 0 aliphatic rings. The van der Waals surface area contributed by atoms with Gasteiger partial charge in [0.15, 0.2) is 0 Å². The van der Waals surface area contributed by atoms with Gasteiger partial charge >= 0.3 is 6.18 Å². The van der Waals surface area contributed by atoms with Gasteiger partial charge in [-0.1, -0.05) is 11.6 Å². The first-order chi connectivity index (χ1) is 9.77. The van der Waals surface area contributed by atoms with E-state index in [1.54, 1.807) is 6.07 Å². The molecule has 0 spiro atoms. The van der Waals surface area contributed by atoms with Crippen molar-refractivity contribution >= 4 is 28.9 Å². The third kappa shape index (κ3) is 3.66. The lowest BCUT2D eigenvalue weighted by molar-refractivity contribution is -0.137. The van der Waals surface area contributed by atoms with Gasteiger partial charge in [0, 0.05) is 10.7 Å². The highest BCUT2D eigenvalue weighted by molar-refractivity contribution is 6.31. The Morgan fingerprint density at radius 3 is 2.24 bits per heavy atom. The molecule has 110 valence electrons. The maximum absolute atomic E-state index is 12.5. The monoisotopic (exact) mass is 314 g/mol. The molecule has 21 heavy (non-hydrogen) atoms. The number of carbonyl (C=O) groups is 1. The zero-order valence-electron chi connectivity index (χ0n) is 10.5. The van der Waals surface area contributed by atoms with E-state index in [4.69, 9.17) is 17.3 Å². The number of hydrogen-bond acceptors (Lipinski definition) is 2. The van der Waals surface area contributed by atoms with Gasteiger partial charge in [-0.05, 0) is 42.5 Å². The van der Waals surface area contributed by atoms with Crippen LogP contribution in [0.2, 0.25) is 5.02 Å². The quantitative estimate of drug-likeness (QED) is 0.892. The largest absolute Gasteiger partial charge is 0.416 e. The molecule has 0 radical (unpaired) electrons. The van der Waals surface area contributed by atoms with Gasteiger partial charge in [-0.3, -0.25) is 4.79 Å². The van der Waals surface area contributed by atoms with Crippen molar-refractivity contribution in [3.63, 3.8) is 0 Å². The van der Waals surface area contributed by atoms with Gasteiger partial charge in [0.2, 0.25) is 0 Å². The molecule has 7 heteroatoms. The fraction of sp³-hybridized carbons (Fsp3) is 0.0714.